The fourth-order valence-corrected chi connectivity index (χ4v) is 4.22. The number of likely N-dealkylation sites (tertiary alicyclic amines) is 1. The fraction of sp³-hybridized carbons (Fsp3) is 0.542. The average Bonchev–Trinajstić information content (AvgIpc) is 2.75. The number of para-hydroxylation sites is 1. The van der Waals surface area contributed by atoms with Crippen LogP contribution in [0.3, 0.4) is 0 Å². The van der Waals surface area contributed by atoms with Crippen LogP contribution in [0.4, 0.5) is 0 Å². The number of ether oxygens (including phenoxy) is 1. The van der Waals surface area contributed by atoms with Gasteiger partial charge in [-0.3, -0.25) is 9.59 Å². The van der Waals surface area contributed by atoms with Crippen LogP contribution in [0.25, 0.3) is 0 Å². The van der Waals surface area contributed by atoms with Gasteiger partial charge in [0.25, 0.3) is 11.5 Å². The third-order valence-electron chi connectivity index (χ3n) is 5.55. The molecule has 0 spiro atoms. The topological polar surface area (TPSA) is 76.5 Å². The minimum Gasteiger partial charge on any atom is -0.492 e. The van der Waals surface area contributed by atoms with E-state index in [0.717, 1.165) is 37.0 Å². The molecule has 0 radical (unpaired) electrons. The van der Waals surface area contributed by atoms with Crippen LogP contribution in [0.1, 0.15) is 43.6 Å². The van der Waals surface area contributed by atoms with Crippen molar-refractivity contribution in [3.63, 3.8) is 0 Å². The summed E-state index contributed by atoms with van der Waals surface area (Å²) in [5, 5.41) is 7.11. The first kappa shape index (κ1) is 23.0. The Hall–Kier alpha value is -2.67. The van der Waals surface area contributed by atoms with Gasteiger partial charge in [-0.05, 0) is 55.8 Å². The van der Waals surface area contributed by atoms with Crippen molar-refractivity contribution in [2.24, 2.45) is 11.8 Å². The third-order valence-corrected chi connectivity index (χ3v) is 5.55. The van der Waals surface area contributed by atoms with Gasteiger partial charge >= 0.3 is 0 Å². The van der Waals surface area contributed by atoms with Crippen molar-refractivity contribution in [1.82, 2.24) is 20.0 Å². The van der Waals surface area contributed by atoms with E-state index in [0.29, 0.717) is 13.2 Å². The van der Waals surface area contributed by atoms with E-state index in [1.165, 1.54) is 36.3 Å². The first-order chi connectivity index (χ1) is 15.0. The van der Waals surface area contributed by atoms with Gasteiger partial charge in [0.2, 0.25) is 0 Å². The van der Waals surface area contributed by atoms with E-state index in [2.05, 4.69) is 29.2 Å². The SMILES string of the molecule is C[C@@H]1C[C@@H](C)CN(CCCCNC(=O)c2ccc(=O)n(CCOc3ccccc3)n2)C1. The molecule has 168 valence electrons. The highest BCUT2D eigenvalue weighted by Crippen LogP contribution is 2.20. The van der Waals surface area contributed by atoms with Crippen molar-refractivity contribution >= 4 is 5.91 Å². The summed E-state index contributed by atoms with van der Waals surface area (Å²) in [6.45, 7) is 9.26. The molecular weight excluding hydrogens is 392 g/mol. The molecule has 0 unspecified atom stereocenters. The summed E-state index contributed by atoms with van der Waals surface area (Å²) in [4.78, 5) is 27.0. The van der Waals surface area contributed by atoms with Crippen LogP contribution in [-0.2, 0) is 6.54 Å². The molecule has 1 aliphatic heterocycles. The normalized spacial score (nSPS) is 19.2. The first-order valence-corrected chi connectivity index (χ1v) is 11.3. The molecule has 7 heteroatoms. The summed E-state index contributed by atoms with van der Waals surface area (Å²) in [6.07, 6.45) is 3.30. The minimum absolute atomic E-state index is 0.248. The Morgan fingerprint density at radius 3 is 2.55 bits per heavy atom. The molecule has 2 atom stereocenters. The molecule has 1 aromatic carbocycles. The highest BCUT2D eigenvalue weighted by molar-refractivity contribution is 5.91. The number of hydrogen-bond acceptors (Lipinski definition) is 5. The van der Waals surface area contributed by atoms with E-state index >= 15 is 0 Å². The molecular formula is C24H34N4O3. The van der Waals surface area contributed by atoms with Crippen molar-refractivity contribution < 1.29 is 9.53 Å². The van der Waals surface area contributed by atoms with Crippen LogP contribution in [-0.4, -0.2) is 53.4 Å². The second-order valence-electron chi connectivity index (χ2n) is 8.61. The maximum Gasteiger partial charge on any atom is 0.271 e. The molecule has 1 amide bonds. The van der Waals surface area contributed by atoms with Crippen molar-refractivity contribution in [1.29, 1.82) is 0 Å². The Labute approximate surface area is 184 Å². The van der Waals surface area contributed by atoms with Crippen LogP contribution in [0.2, 0.25) is 0 Å². The molecule has 1 aliphatic rings. The standard InChI is InChI=1S/C24H34N4O3/c1-19-16-20(2)18-27(17-19)13-7-6-12-25-24(30)22-10-11-23(29)28(26-22)14-15-31-21-8-4-3-5-9-21/h3-5,8-11,19-20H,6-7,12-18H2,1-2H3,(H,25,30)/t19-,20-/m1/s1. The van der Waals surface area contributed by atoms with Gasteiger partial charge in [-0.15, -0.1) is 0 Å². The summed E-state index contributed by atoms with van der Waals surface area (Å²) in [5.74, 6) is 2.02. The molecule has 0 saturated carbocycles. The summed E-state index contributed by atoms with van der Waals surface area (Å²) >= 11 is 0. The second-order valence-corrected chi connectivity index (χ2v) is 8.61. The molecule has 7 nitrogen and oxygen atoms in total. The van der Waals surface area contributed by atoms with Gasteiger partial charge in [-0.2, -0.15) is 5.10 Å². The van der Waals surface area contributed by atoms with E-state index in [-0.39, 0.29) is 23.7 Å². The molecule has 0 bridgehead atoms. The molecule has 1 aromatic heterocycles. The van der Waals surface area contributed by atoms with Crippen molar-refractivity contribution in [3.8, 4) is 5.75 Å². The molecule has 1 fully saturated rings. The van der Waals surface area contributed by atoms with Crippen molar-refractivity contribution in [2.45, 2.75) is 39.7 Å². The van der Waals surface area contributed by atoms with Gasteiger partial charge in [-0.25, -0.2) is 4.68 Å². The molecule has 3 rings (SSSR count). The number of aromatic nitrogens is 2. The Morgan fingerprint density at radius 2 is 1.81 bits per heavy atom. The lowest BCUT2D eigenvalue weighted by atomic mass is 9.92. The number of hydrogen-bond donors (Lipinski definition) is 1. The fourth-order valence-electron chi connectivity index (χ4n) is 4.22. The number of carbonyl (C=O) groups is 1. The molecule has 1 N–H and O–H groups in total. The number of rotatable bonds is 10. The van der Waals surface area contributed by atoms with Crippen LogP contribution in [0.15, 0.2) is 47.3 Å². The van der Waals surface area contributed by atoms with E-state index in [4.69, 9.17) is 4.74 Å². The van der Waals surface area contributed by atoms with Crippen LogP contribution in [0.5, 0.6) is 5.75 Å². The van der Waals surface area contributed by atoms with E-state index in [9.17, 15) is 9.59 Å². The first-order valence-electron chi connectivity index (χ1n) is 11.3. The number of nitrogens with zero attached hydrogens (tertiary/aromatic N) is 3. The molecule has 2 aromatic rings. The monoisotopic (exact) mass is 426 g/mol. The zero-order valence-corrected chi connectivity index (χ0v) is 18.6. The van der Waals surface area contributed by atoms with Crippen LogP contribution in [0, 0.1) is 11.8 Å². The molecule has 2 heterocycles. The highest BCUT2D eigenvalue weighted by atomic mass is 16.5. The maximum atomic E-state index is 12.4. The van der Waals surface area contributed by atoms with E-state index in [1.54, 1.807) is 0 Å². The zero-order valence-electron chi connectivity index (χ0n) is 18.6. The Balaban J connectivity index is 1.39. The number of benzene rings is 1. The number of nitrogens with one attached hydrogen (secondary N) is 1. The Morgan fingerprint density at radius 1 is 1.06 bits per heavy atom. The summed E-state index contributed by atoms with van der Waals surface area (Å²) in [5.41, 5.74) is -0.00353. The summed E-state index contributed by atoms with van der Waals surface area (Å²) < 4.78 is 6.89. The average molecular weight is 427 g/mol. The smallest absolute Gasteiger partial charge is 0.271 e. The maximum absolute atomic E-state index is 12.4. The van der Waals surface area contributed by atoms with Gasteiger partial charge in [0.15, 0.2) is 0 Å². The summed E-state index contributed by atoms with van der Waals surface area (Å²) in [7, 11) is 0. The van der Waals surface area contributed by atoms with Gasteiger partial charge in [0.1, 0.15) is 18.1 Å². The molecule has 0 aliphatic carbocycles. The zero-order chi connectivity index (χ0) is 22.1. The van der Waals surface area contributed by atoms with Gasteiger partial charge < -0.3 is 15.0 Å². The van der Waals surface area contributed by atoms with E-state index in [1.807, 2.05) is 30.3 Å². The minimum atomic E-state index is -0.252. The van der Waals surface area contributed by atoms with Crippen molar-refractivity contribution in [2.75, 3.05) is 32.8 Å². The molecule has 31 heavy (non-hydrogen) atoms. The number of piperidine rings is 1. The van der Waals surface area contributed by atoms with Crippen molar-refractivity contribution in [3.05, 3.63) is 58.5 Å². The lowest BCUT2D eigenvalue weighted by Gasteiger charge is -2.34. The van der Waals surface area contributed by atoms with Gasteiger partial charge in [-0.1, -0.05) is 32.0 Å². The predicted octanol–water partition coefficient (Wildman–Crippen LogP) is 2.81. The lowest BCUT2D eigenvalue weighted by Crippen LogP contribution is -2.39. The largest absolute Gasteiger partial charge is 0.492 e. The third kappa shape index (κ3) is 7.51. The van der Waals surface area contributed by atoms with Crippen LogP contribution < -0.4 is 15.6 Å². The second kappa shape index (κ2) is 11.6. The van der Waals surface area contributed by atoms with Gasteiger partial charge in [0, 0.05) is 25.7 Å². The quantitative estimate of drug-likeness (QED) is 0.591. The Bertz CT molecular complexity index is 874. The van der Waals surface area contributed by atoms with E-state index < -0.39 is 0 Å². The van der Waals surface area contributed by atoms with Gasteiger partial charge in [0.05, 0.1) is 6.54 Å². The Kier molecular flexibility index (Phi) is 8.64. The van der Waals surface area contributed by atoms with Crippen LogP contribution >= 0.6 is 0 Å². The number of unbranched alkanes of at least 4 members (excludes halogenated alkanes) is 1. The summed E-state index contributed by atoms with van der Waals surface area (Å²) in [6, 6.07) is 12.2. The predicted molar refractivity (Wildman–Crippen MR) is 121 cm³/mol. The highest BCUT2D eigenvalue weighted by Gasteiger charge is 2.21. The number of amides is 1. The lowest BCUT2D eigenvalue weighted by molar-refractivity contribution is 0.0943. The number of carbonyl (C=O) groups excluding carboxylic acids is 1. The molecule has 1 saturated heterocycles.